The van der Waals surface area contributed by atoms with E-state index in [9.17, 15) is 26.4 Å². The highest BCUT2D eigenvalue weighted by atomic mass is 32.2. The van der Waals surface area contributed by atoms with Crippen molar-refractivity contribution in [3.05, 3.63) is 106 Å². The second kappa shape index (κ2) is 9.91. The Morgan fingerprint density at radius 2 is 1.69 bits per heavy atom. The Bertz CT molecular complexity index is 1650. The SMILES string of the molecule is Cc1ccc(-c2ccc(C(F)(F)F)cc2)c(C(=O)Nc2ccc3c(c2)C[C@@](N)(NS(=O)(=O)c2cccs2)C3)c1. The van der Waals surface area contributed by atoms with E-state index in [1.807, 2.05) is 6.92 Å². The number of thiophene rings is 1. The molecule has 202 valence electrons. The first-order valence-corrected chi connectivity index (χ1v) is 14.3. The molecule has 39 heavy (non-hydrogen) atoms. The van der Waals surface area contributed by atoms with E-state index in [-0.39, 0.29) is 17.1 Å². The predicted octanol–water partition coefficient (Wildman–Crippen LogP) is 5.73. The summed E-state index contributed by atoms with van der Waals surface area (Å²) in [4.78, 5) is 13.3. The van der Waals surface area contributed by atoms with Gasteiger partial charge in [-0.15, -0.1) is 11.3 Å². The highest BCUT2D eigenvalue weighted by Crippen LogP contribution is 2.34. The van der Waals surface area contributed by atoms with Gasteiger partial charge in [-0.05, 0) is 71.0 Å². The van der Waals surface area contributed by atoms with Crippen LogP contribution in [0.4, 0.5) is 18.9 Å². The molecule has 0 radical (unpaired) electrons. The van der Waals surface area contributed by atoms with Crippen molar-refractivity contribution < 1.29 is 26.4 Å². The van der Waals surface area contributed by atoms with Gasteiger partial charge in [0.1, 0.15) is 4.21 Å². The first-order valence-electron chi connectivity index (χ1n) is 11.9. The molecule has 5 rings (SSSR count). The van der Waals surface area contributed by atoms with E-state index < -0.39 is 33.3 Å². The van der Waals surface area contributed by atoms with Crippen LogP contribution in [0, 0.1) is 6.92 Å². The maximum Gasteiger partial charge on any atom is 0.416 e. The Kier molecular flexibility index (Phi) is 6.88. The number of carbonyl (C=O) groups excluding carboxylic acids is 1. The number of amides is 1. The van der Waals surface area contributed by atoms with Gasteiger partial charge in [0, 0.05) is 24.1 Å². The third kappa shape index (κ3) is 5.76. The lowest BCUT2D eigenvalue weighted by molar-refractivity contribution is -0.137. The van der Waals surface area contributed by atoms with E-state index >= 15 is 0 Å². The van der Waals surface area contributed by atoms with Crippen LogP contribution < -0.4 is 15.8 Å². The van der Waals surface area contributed by atoms with E-state index in [1.165, 1.54) is 18.2 Å². The number of aryl methyl sites for hydroxylation is 1. The molecule has 0 aliphatic heterocycles. The fraction of sp³-hybridized carbons (Fsp3) is 0.179. The summed E-state index contributed by atoms with van der Waals surface area (Å²) >= 11 is 1.10. The van der Waals surface area contributed by atoms with Gasteiger partial charge in [-0.2, -0.15) is 17.9 Å². The Morgan fingerprint density at radius 3 is 2.36 bits per heavy atom. The minimum Gasteiger partial charge on any atom is -0.322 e. The summed E-state index contributed by atoms with van der Waals surface area (Å²) in [5, 5.41) is 4.54. The summed E-state index contributed by atoms with van der Waals surface area (Å²) in [7, 11) is -3.78. The monoisotopic (exact) mass is 571 g/mol. The zero-order valence-corrected chi connectivity index (χ0v) is 22.3. The quantitative estimate of drug-likeness (QED) is 0.258. The van der Waals surface area contributed by atoms with Gasteiger partial charge in [0.15, 0.2) is 0 Å². The second-order valence-electron chi connectivity index (χ2n) is 9.61. The van der Waals surface area contributed by atoms with Gasteiger partial charge >= 0.3 is 6.18 Å². The standard InChI is InChI=1S/C28H24F3N3O3S2/c1-17-4-11-23(18-5-8-21(9-6-18)28(29,30)31)24(13-17)26(35)33-22-10-7-19-15-27(32,16-20(19)14-22)34-39(36,37)25-3-2-12-38-25/h2-14,34H,15-16,32H2,1H3,(H,33,35)/t27-/m0/s1. The van der Waals surface area contributed by atoms with Crippen molar-refractivity contribution in [2.75, 3.05) is 5.32 Å². The molecule has 1 amide bonds. The average molecular weight is 572 g/mol. The molecule has 1 aliphatic rings. The van der Waals surface area contributed by atoms with Gasteiger partial charge in [0.25, 0.3) is 15.9 Å². The minimum absolute atomic E-state index is 0.179. The lowest BCUT2D eigenvalue weighted by atomic mass is 9.96. The van der Waals surface area contributed by atoms with Crippen LogP contribution in [0.15, 0.2) is 82.4 Å². The topological polar surface area (TPSA) is 101 Å². The maximum absolute atomic E-state index is 13.3. The highest BCUT2D eigenvalue weighted by molar-refractivity contribution is 7.91. The fourth-order valence-corrected chi connectivity index (χ4v) is 7.01. The molecule has 3 aromatic carbocycles. The summed E-state index contributed by atoms with van der Waals surface area (Å²) in [6.07, 6.45) is -3.93. The third-order valence-corrected chi connectivity index (χ3v) is 9.47. The molecule has 4 N–H and O–H groups in total. The number of rotatable bonds is 6. The van der Waals surface area contributed by atoms with Crippen molar-refractivity contribution in [2.45, 2.75) is 35.8 Å². The van der Waals surface area contributed by atoms with Crippen LogP contribution in [0.25, 0.3) is 11.1 Å². The van der Waals surface area contributed by atoms with Gasteiger partial charge in [-0.25, -0.2) is 8.42 Å². The summed E-state index contributed by atoms with van der Waals surface area (Å²) in [6.45, 7) is 1.82. The first-order chi connectivity index (χ1) is 18.3. The molecule has 1 aliphatic carbocycles. The van der Waals surface area contributed by atoms with Crippen LogP contribution in [-0.2, 0) is 29.0 Å². The molecule has 0 bridgehead atoms. The molecular weight excluding hydrogens is 547 g/mol. The van der Waals surface area contributed by atoms with Crippen molar-refractivity contribution in [1.29, 1.82) is 0 Å². The van der Waals surface area contributed by atoms with Gasteiger partial charge in [-0.1, -0.05) is 42.0 Å². The van der Waals surface area contributed by atoms with Gasteiger partial charge in [-0.3, -0.25) is 4.79 Å². The van der Waals surface area contributed by atoms with Crippen molar-refractivity contribution in [1.82, 2.24) is 4.72 Å². The summed E-state index contributed by atoms with van der Waals surface area (Å²) in [6, 6.07) is 18.3. The number of anilines is 1. The molecule has 0 spiro atoms. The Hall–Kier alpha value is -3.51. The Balaban J connectivity index is 1.36. The molecule has 0 saturated carbocycles. The van der Waals surface area contributed by atoms with E-state index in [0.29, 0.717) is 22.4 Å². The minimum atomic E-state index is -4.45. The number of nitrogens with two attached hydrogens (primary N) is 1. The van der Waals surface area contributed by atoms with Crippen LogP contribution in [0.1, 0.15) is 32.6 Å². The first kappa shape index (κ1) is 27.1. The number of hydrogen-bond donors (Lipinski definition) is 3. The third-order valence-electron chi connectivity index (χ3n) is 6.52. The number of carbonyl (C=O) groups is 1. The van der Waals surface area contributed by atoms with Crippen LogP contribution in [-0.4, -0.2) is 20.0 Å². The molecule has 0 unspecified atom stereocenters. The molecular formula is C28H24F3N3O3S2. The van der Waals surface area contributed by atoms with Crippen LogP contribution in [0.5, 0.6) is 0 Å². The van der Waals surface area contributed by atoms with E-state index in [2.05, 4.69) is 10.0 Å². The molecule has 6 nitrogen and oxygen atoms in total. The van der Waals surface area contributed by atoms with Crippen molar-refractivity contribution in [3.63, 3.8) is 0 Å². The van der Waals surface area contributed by atoms with Crippen LogP contribution in [0.3, 0.4) is 0 Å². The van der Waals surface area contributed by atoms with E-state index in [1.54, 1.807) is 47.8 Å². The molecule has 1 aromatic heterocycles. The number of sulfonamides is 1. The number of fused-ring (bicyclic) bond motifs is 1. The lowest BCUT2D eigenvalue weighted by Crippen LogP contribution is -2.56. The normalized spacial score (nSPS) is 17.2. The van der Waals surface area contributed by atoms with Crippen molar-refractivity contribution in [2.24, 2.45) is 5.73 Å². The van der Waals surface area contributed by atoms with E-state index in [0.717, 1.165) is 40.2 Å². The molecule has 1 atom stereocenters. The molecule has 4 aromatic rings. The lowest BCUT2D eigenvalue weighted by Gasteiger charge is -2.24. The zero-order chi connectivity index (χ0) is 28.0. The molecule has 11 heteroatoms. The molecule has 0 fully saturated rings. The van der Waals surface area contributed by atoms with Gasteiger partial charge < -0.3 is 11.1 Å². The van der Waals surface area contributed by atoms with Crippen molar-refractivity contribution >= 4 is 33.0 Å². The second-order valence-corrected chi connectivity index (χ2v) is 12.5. The van der Waals surface area contributed by atoms with Gasteiger partial charge in [0.2, 0.25) is 0 Å². The molecule has 1 heterocycles. The number of alkyl halides is 3. The van der Waals surface area contributed by atoms with Crippen LogP contribution >= 0.6 is 11.3 Å². The predicted molar refractivity (Wildman–Crippen MR) is 145 cm³/mol. The highest BCUT2D eigenvalue weighted by Gasteiger charge is 2.38. The summed E-state index contributed by atoms with van der Waals surface area (Å²) in [5.41, 5.74) is 8.73. The summed E-state index contributed by atoms with van der Waals surface area (Å²) in [5.74, 6) is -0.427. The summed E-state index contributed by atoms with van der Waals surface area (Å²) < 4.78 is 67.3. The van der Waals surface area contributed by atoms with E-state index in [4.69, 9.17) is 5.73 Å². The van der Waals surface area contributed by atoms with Gasteiger partial charge in [0.05, 0.1) is 11.2 Å². The van der Waals surface area contributed by atoms with Crippen LogP contribution in [0.2, 0.25) is 0 Å². The maximum atomic E-state index is 13.3. The smallest absolute Gasteiger partial charge is 0.322 e. The number of nitrogens with one attached hydrogen (secondary N) is 2. The average Bonchev–Trinajstić information content (AvgIpc) is 3.51. The zero-order valence-electron chi connectivity index (χ0n) is 20.7. The fourth-order valence-electron chi connectivity index (χ4n) is 4.72. The number of halogens is 3. The number of benzene rings is 3. The number of hydrogen-bond acceptors (Lipinski definition) is 5. The van der Waals surface area contributed by atoms with Crippen molar-refractivity contribution in [3.8, 4) is 11.1 Å². The Labute approximate surface area is 227 Å². The molecule has 0 saturated heterocycles. The Morgan fingerprint density at radius 1 is 0.974 bits per heavy atom. The largest absolute Gasteiger partial charge is 0.416 e.